The molecule has 5 fully saturated rings. The van der Waals surface area contributed by atoms with E-state index in [1.165, 1.54) is 5.46 Å². The van der Waals surface area contributed by atoms with E-state index in [9.17, 15) is 0 Å². The molecule has 92 valence electrons. The van der Waals surface area contributed by atoms with Crippen molar-refractivity contribution in [3.05, 3.63) is 30.3 Å². The van der Waals surface area contributed by atoms with Crippen LogP contribution in [0, 0.1) is 5.92 Å². The third-order valence-corrected chi connectivity index (χ3v) is 4.64. The molecule has 2 unspecified atom stereocenters. The van der Waals surface area contributed by atoms with Gasteiger partial charge in [0.15, 0.2) is 5.79 Å². The van der Waals surface area contributed by atoms with E-state index in [0.29, 0.717) is 19.1 Å². The van der Waals surface area contributed by atoms with Gasteiger partial charge in [0.2, 0.25) is 0 Å². The van der Waals surface area contributed by atoms with E-state index in [0.717, 1.165) is 0 Å². The Morgan fingerprint density at radius 2 is 2.11 bits per heavy atom. The normalized spacial score (nSPS) is 47.9. The lowest BCUT2D eigenvalue weighted by Gasteiger charge is -2.60. The van der Waals surface area contributed by atoms with E-state index >= 15 is 0 Å². The lowest BCUT2D eigenvalue weighted by molar-refractivity contribution is -0.446. The second-order valence-corrected chi connectivity index (χ2v) is 5.51. The molecule has 0 aliphatic carbocycles. The Balaban J connectivity index is 1.54. The monoisotopic (exact) mass is 244 g/mol. The van der Waals surface area contributed by atoms with Crippen LogP contribution < -0.4 is 5.46 Å². The lowest BCUT2D eigenvalue weighted by atomic mass is 9.51. The minimum Gasteiger partial charge on any atom is -0.423 e. The second-order valence-electron chi connectivity index (χ2n) is 5.51. The number of hydrogen-bond donors (Lipinski definition) is 0. The molecular weight excluding hydrogens is 231 g/mol. The third kappa shape index (κ3) is 1.03. The smallest absolute Gasteiger partial charge is 0.357 e. The summed E-state index contributed by atoms with van der Waals surface area (Å²) in [6.07, 6.45) is 0.216. The van der Waals surface area contributed by atoms with Crippen LogP contribution in [-0.2, 0) is 18.9 Å². The fraction of sp³-hybridized carbons (Fsp3) is 0.538. The Labute approximate surface area is 105 Å². The predicted octanol–water partition coefficient (Wildman–Crippen LogP) is -0.0366. The highest BCUT2D eigenvalue weighted by molar-refractivity contribution is 6.69. The zero-order chi connectivity index (χ0) is 11.7. The molecule has 5 heteroatoms. The summed E-state index contributed by atoms with van der Waals surface area (Å²) < 4.78 is 23.7. The highest BCUT2D eigenvalue weighted by atomic mass is 16.8. The van der Waals surface area contributed by atoms with Crippen LogP contribution in [0.2, 0.25) is 0 Å². The van der Waals surface area contributed by atoms with Crippen molar-refractivity contribution in [2.45, 2.75) is 24.0 Å². The molecule has 18 heavy (non-hydrogen) atoms. The maximum absolute atomic E-state index is 6.20. The molecule has 6 rings (SSSR count). The van der Waals surface area contributed by atoms with Gasteiger partial charge in [0.25, 0.3) is 0 Å². The van der Waals surface area contributed by atoms with E-state index < -0.39 is 5.79 Å². The van der Waals surface area contributed by atoms with Crippen molar-refractivity contribution in [2.75, 3.05) is 13.2 Å². The summed E-state index contributed by atoms with van der Waals surface area (Å²) in [5, 5.41) is 0. The summed E-state index contributed by atoms with van der Waals surface area (Å²) in [5.41, 5.74) is 1.19. The maximum atomic E-state index is 6.20. The van der Waals surface area contributed by atoms with E-state index in [1.807, 2.05) is 18.2 Å². The van der Waals surface area contributed by atoms with Crippen LogP contribution in [0.15, 0.2) is 30.3 Å². The molecule has 0 radical (unpaired) electrons. The van der Waals surface area contributed by atoms with E-state index in [-0.39, 0.29) is 25.1 Å². The first-order valence-electron chi connectivity index (χ1n) is 6.51. The predicted molar refractivity (Wildman–Crippen MR) is 63.5 cm³/mol. The van der Waals surface area contributed by atoms with Gasteiger partial charge < -0.3 is 18.9 Å². The zero-order valence-electron chi connectivity index (χ0n) is 9.82. The fourth-order valence-electron chi connectivity index (χ4n) is 3.80. The standard InChI is InChI=1S/C13H13BO4/c1-2-4-8(5-3-1)14-12-10-11(18-14)9-6-16-13(10,17-12)7-15-9/h1-5,9-12H,6-7H2/t9-,10+,11+,12?,13?/m0/s1. The van der Waals surface area contributed by atoms with Gasteiger partial charge in [0.05, 0.1) is 24.6 Å². The van der Waals surface area contributed by atoms with Crippen molar-refractivity contribution >= 4 is 12.4 Å². The van der Waals surface area contributed by atoms with Crippen LogP contribution in [0.3, 0.4) is 0 Å². The zero-order valence-corrected chi connectivity index (χ0v) is 9.82. The van der Waals surface area contributed by atoms with Gasteiger partial charge in [-0.2, -0.15) is 0 Å². The molecule has 4 nitrogen and oxygen atoms in total. The average Bonchev–Trinajstić information content (AvgIpc) is 2.80. The molecule has 5 aliphatic heterocycles. The van der Waals surface area contributed by atoms with Crippen LogP contribution >= 0.6 is 0 Å². The average molecular weight is 244 g/mol. The first-order valence-corrected chi connectivity index (χ1v) is 6.51. The van der Waals surface area contributed by atoms with Crippen molar-refractivity contribution < 1.29 is 18.9 Å². The summed E-state index contributed by atoms with van der Waals surface area (Å²) in [7, 11) is 0. The summed E-state index contributed by atoms with van der Waals surface area (Å²) in [6, 6.07) is 10.4. The SMILES string of the molecule is c1ccc(B2O[C@@H]3[C@@H]4COC5(CO4)OC2[C@@H]35)cc1. The van der Waals surface area contributed by atoms with Crippen LogP contribution in [0.5, 0.6) is 0 Å². The summed E-state index contributed by atoms with van der Waals surface area (Å²) >= 11 is 0. The third-order valence-electron chi connectivity index (χ3n) is 4.64. The highest BCUT2D eigenvalue weighted by Crippen LogP contribution is 2.55. The molecule has 5 aliphatic rings. The number of rotatable bonds is 1. The first-order chi connectivity index (χ1) is 8.87. The Kier molecular flexibility index (Phi) is 1.76. The van der Waals surface area contributed by atoms with E-state index in [1.54, 1.807) is 0 Å². The van der Waals surface area contributed by atoms with Gasteiger partial charge in [-0.1, -0.05) is 30.3 Å². The number of fused-ring (bicyclic) bond motifs is 2. The van der Waals surface area contributed by atoms with Gasteiger partial charge in [0, 0.05) is 0 Å². The molecule has 1 aromatic carbocycles. The Bertz CT molecular complexity index is 485. The summed E-state index contributed by atoms with van der Waals surface area (Å²) in [4.78, 5) is 0. The molecule has 1 spiro atoms. The molecule has 2 bridgehead atoms. The van der Waals surface area contributed by atoms with Crippen molar-refractivity contribution in [1.82, 2.24) is 0 Å². The Hall–Kier alpha value is -0.875. The Morgan fingerprint density at radius 1 is 1.22 bits per heavy atom. The molecule has 5 saturated heterocycles. The molecule has 0 amide bonds. The first kappa shape index (κ1) is 9.98. The molecule has 5 heterocycles. The Morgan fingerprint density at radius 3 is 2.83 bits per heavy atom. The second kappa shape index (κ2) is 3.17. The maximum Gasteiger partial charge on any atom is 0.357 e. The van der Waals surface area contributed by atoms with Gasteiger partial charge in [-0.05, 0) is 5.46 Å². The van der Waals surface area contributed by atoms with Crippen molar-refractivity contribution in [3.8, 4) is 0 Å². The fourth-order valence-corrected chi connectivity index (χ4v) is 3.80. The van der Waals surface area contributed by atoms with Crippen LogP contribution in [0.4, 0.5) is 0 Å². The quantitative estimate of drug-likeness (QED) is 0.650. The minimum atomic E-state index is -0.506. The van der Waals surface area contributed by atoms with Crippen molar-refractivity contribution in [3.63, 3.8) is 0 Å². The minimum absolute atomic E-state index is 0.0280. The van der Waals surface area contributed by atoms with Gasteiger partial charge in [-0.3, -0.25) is 0 Å². The summed E-state index contributed by atoms with van der Waals surface area (Å²) in [5.74, 6) is -0.164. The van der Waals surface area contributed by atoms with Crippen molar-refractivity contribution in [2.24, 2.45) is 5.92 Å². The van der Waals surface area contributed by atoms with Crippen LogP contribution in [0.1, 0.15) is 0 Å². The number of hydrogen-bond acceptors (Lipinski definition) is 4. The molecule has 1 aromatic rings. The topological polar surface area (TPSA) is 36.9 Å². The summed E-state index contributed by atoms with van der Waals surface area (Å²) in [6.45, 7) is 1.18. The lowest BCUT2D eigenvalue weighted by Crippen LogP contribution is -2.75. The van der Waals surface area contributed by atoms with Gasteiger partial charge in [0.1, 0.15) is 12.7 Å². The molecular formula is C13H13BO4. The number of ether oxygens (including phenoxy) is 3. The van der Waals surface area contributed by atoms with Crippen LogP contribution in [0.25, 0.3) is 0 Å². The van der Waals surface area contributed by atoms with Gasteiger partial charge >= 0.3 is 6.92 Å². The molecule has 0 aromatic heterocycles. The molecule has 0 saturated carbocycles. The van der Waals surface area contributed by atoms with Gasteiger partial charge in [-0.15, -0.1) is 0 Å². The largest absolute Gasteiger partial charge is 0.423 e. The molecule has 0 N–H and O–H groups in total. The van der Waals surface area contributed by atoms with E-state index in [2.05, 4.69) is 12.1 Å². The number of benzene rings is 1. The molecule has 5 atom stereocenters. The highest BCUT2D eigenvalue weighted by Gasteiger charge is 2.74. The van der Waals surface area contributed by atoms with Gasteiger partial charge in [-0.25, -0.2) is 0 Å². The van der Waals surface area contributed by atoms with E-state index in [4.69, 9.17) is 18.9 Å². The van der Waals surface area contributed by atoms with Crippen LogP contribution in [-0.4, -0.2) is 44.1 Å². The van der Waals surface area contributed by atoms with Crippen molar-refractivity contribution in [1.29, 1.82) is 0 Å².